The largest absolute Gasteiger partial charge is 0.508 e. The Kier molecular flexibility index (Phi) is 7.59. The first-order valence-electron chi connectivity index (χ1n) is 10.1. The van der Waals surface area contributed by atoms with Crippen LogP contribution in [0.2, 0.25) is 0 Å². The summed E-state index contributed by atoms with van der Waals surface area (Å²) in [6.45, 7) is 0.653. The third-order valence-corrected chi connectivity index (χ3v) is 4.75. The number of fused-ring (bicyclic) bond motifs is 1. The van der Waals surface area contributed by atoms with Gasteiger partial charge >= 0.3 is 0 Å². The van der Waals surface area contributed by atoms with Crippen LogP contribution < -0.4 is 16.0 Å². The maximum atomic E-state index is 12.2. The van der Waals surface area contributed by atoms with Crippen LogP contribution in [0.3, 0.4) is 0 Å². The number of hydrogen-bond donors (Lipinski definition) is 4. The van der Waals surface area contributed by atoms with Crippen LogP contribution in [0.5, 0.6) is 5.75 Å². The predicted molar refractivity (Wildman–Crippen MR) is 119 cm³/mol. The van der Waals surface area contributed by atoms with Crippen LogP contribution in [-0.4, -0.2) is 42.5 Å². The molecule has 0 bridgehead atoms. The van der Waals surface area contributed by atoms with Crippen LogP contribution in [-0.2, 0) is 16.0 Å². The lowest BCUT2D eigenvalue weighted by atomic mass is 10.0. The highest BCUT2D eigenvalue weighted by molar-refractivity contribution is 5.94. The van der Waals surface area contributed by atoms with Crippen molar-refractivity contribution in [3.8, 4) is 5.75 Å². The third kappa shape index (κ3) is 6.57. The number of hydrogen-bond acceptors (Lipinski definition) is 4. The summed E-state index contributed by atoms with van der Waals surface area (Å²) in [6, 6.07) is 19.8. The fourth-order valence-corrected chi connectivity index (χ4v) is 3.19. The number of carbonyl (C=O) groups excluding carboxylic acids is 3. The van der Waals surface area contributed by atoms with Crippen LogP contribution in [0.15, 0.2) is 66.7 Å². The summed E-state index contributed by atoms with van der Waals surface area (Å²) in [5.41, 5.74) is 1.29. The minimum Gasteiger partial charge on any atom is -0.508 e. The third-order valence-electron chi connectivity index (χ3n) is 4.75. The zero-order chi connectivity index (χ0) is 22.1. The first-order chi connectivity index (χ1) is 15.0. The summed E-state index contributed by atoms with van der Waals surface area (Å²) >= 11 is 0. The molecule has 0 aromatic heterocycles. The van der Waals surface area contributed by atoms with Crippen molar-refractivity contribution in [1.82, 2.24) is 16.0 Å². The molecule has 0 fully saturated rings. The molecule has 3 amide bonds. The SMILES string of the molecule is O=C(CNC(=O)Cc1cccc2ccccc12)NCCCNC(=O)c1cccc(O)c1. The van der Waals surface area contributed by atoms with Crippen molar-refractivity contribution in [2.24, 2.45) is 0 Å². The van der Waals surface area contributed by atoms with Crippen molar-refractivity contribution < 1.29 is 19.5 Å². The van der Waals surface area contributed by atoms with E-state index < -0.39 is 0 Å². The molecular weight excluding hydrogens is 394 g/mol. The molecule has 7 heteroatoms. The van der Waals surface area contributed by atoms with Gasteiger partial charge in [0.25, 0.3) is 5.91 Å². The standard InChI is InChI=1S/C24H25N3O4/c28-20-10-4-9-19(14-20)24(31)26-13-5-12-25-23(30)16-27-22(29)15-18-8-3-7-17-6-1-2-11-21(17)18/h1-4,6-11,14,28H,5,12-13,15-16H2,(H,25,30)(H,26,31)(H,27,29). The van der Waals surface area contributed by atoms with Crippen LogP contribution in [0.1, 0.15) is 22.3 Å². The monoisotopic (exact) mass is 419 g/mol. The van der Waals surface area contributed by atoms with E-state index in [4.69, 9.17) is 0 Å². The summed E-state index contributed by atoms with van der Waals surface area (Å²) in [4.78, 5) is 36.1. The fraction of sp³-hybridized carbons (Fsp3) is 0.208. The Bertz CT molecular complexity index is 1080. The highest BCUT2D eigenvalue weighted by Gasteiger charge is 2.09. The molecule has 0 aliphatic heterocycles. The molecule has 0 saturated carbocycles. The van der Waals surface area contributed by atoms with Gasteiger partial charge < -0.3 is 21.1 Å². The van der Waals surface area contributed by atoms with Gasteiger partial charge in [0.1, 0.15) is 5.75 Å². The van der Waals surface area contributed by atoms with Gasteiger partial charge in [0.2, 0.25) is 11.8 Å². The first-order valence-corrected chi connectivity index (χ1v) is 10.1. The second kappa shape index (κ2) is 10.8. The molecule has 7 nitrogen and oxygen atoms in total. The number of benzene rings is 3. The second-order valence-corrected chi connectivity index (χ2v) is 7.10. The maximum absolute atomic E-state index is 12.2. The minimum absolute atomic E-state index is 0.0300. The second-order valence-electron chi connectivity index (χ2n) is 7.10. The van der Waals surface area contributed by atoms with Crippen LogP contribution in [0.25, 0.3) is 10.8 Å². The van der Waals surface area contributed by atoms with E-state index in [1.807, 2.05) is 42.5 Å². The number of carbonyl (C=O) groups is 3. The van der Waals surface area contributed by atoms with Crippen molar-refractivity contribution in [3.05, 3.63) is 77.9 Å². The van der Waals surface area contributed by atoms with E-state index in [2.05, 4.69) is 16.0 Å². The van der Waals surface area contributed by atoms with Gasteiger partial charge in [0.15, 0.2) is 0 Å². The molecule has 0 radical (unpaired) electrons. The molecular formula is C24H25N3O4. The molecule has 0 aliphatic carbocycles. The van der Waals surface area contributed by atoms with Crippen LogP contribution >= 0.6 is 0 Å². The smallest absolute Gasteiger partial charge is 0.251 e. The lowest BCUT2D eigenvalue weighted by Gasteiger charge is -2.09. The van der Waals surface area contributed by atoms with Gasteiger partial charge in [-0.2, -0.15) is 0 Å². The first kappa shape index (κ1) is 21.8. The Labute approximate surface area is 180 Å². The summed E-state index contributed by atoms with van der Waals surface area (Å²) in [7, 11) is 0. The number of phenolic OH excluding ortho intramolecular Hbond substituents is 1. The molecule has 4 N–H and O–H groups in total. The minimum atomic E-state index is -0.289. The van der Waals surface area contributed by atoms with Crippen molar-refractivity contribution >= 4 is 28.5 Å². The van der Waals surface area contributed by atoms with Crippen molar-refractivity contribution in [1.29, 1.82) is 0 Å². The van der Waals surface area contributed by atoms with Crippen LogP contribution in [0.4, 0.5) is 0 Å². The molecule has 0 saturated heterocycles. The van der Waals surface area contributed by atoms with Gasteiger partial charge in [0.05, 0.1) is 13.0 Å². The summed E-state index contributed by atoms with van der Waals surface area (Å²) in [5.74, 6) is -0.763. The highest BCUT2D eigenvalue weighted by atomic mass is 16.3. The zero-order valence-corrected chi connectivity index (χ0v) is 17.1. The fourth-order valence-electron chi connectivity index (χ4n) is 3.19. The van der Waals surface area contributed by atoms with E-state index >= 15 is 0 Å². The van der Waals surface area contributed by atoms with E-state index in [-0.39, 0.29) is 36.4 Å². The Hall–Kier alpha value is -3.87. The zero-order valence-electron chi connectivity index (χ0n) is 17.1. The van der Waals surface area contributed by atoms with E-state index in [1.54, 1.807) is 12.1 Å². The van der Waals surface area contributed by atoms with Crippen molar-refractivity contribution in [3.63, 3.8) is 0 Å². The van der Waals surface area contributed by atoms with E-state index in [0.717, 1.165) is 16.3 Å². The summed E-state index contributed by atoms with van der Waals surface area (Å²) in [5, 5.41) is 19.6. The number of phenols is 1. The Balaban J connectivity index is 1.33. The molecule has 0 atom stereocenters. The molecule has 3 aromatic rings. The normalized spacial score (nSPS) is 10.5. The van der Waals surface area contributed by atoms with Gasteiger partial charge in [-0.15, -0.1) is 0 Å². The molecule has 0 spiro atoms. The summed E-state index contributed by atoms with van der Waals surface area (Å²) in [6.07, 6.45) is 0.746. The molecule has 31 heavy (non-hydrogen) atoms. The highest BCUT2D eigenvalue weighted by Crippen LogP contribution is 2.18. The quantitative estimate of drug-likeness (QED) is 0.399. The lowest BCUT2D eigenvalue weighted by Crippen LogP contribution is -2.38. The number of amides is 3. The maximum Gasteiger partial charge on any atom is 0.251 e. The van der Waals surface area contributed by atoms with Gasteiger partial charge in [-0.1, -0.05) is 48.5 Å². The Morgan fingerprint density at radius 2 is 1.52 bits per heavy atom. The molecule has 0 heterocycles. The van der Waals surface area contributed by atoms with Crippen LogP contribution in [0, 0.1) is 0 Å². The molecule has 160 valence electrons. The van der Waals surface area contributed by atoms with Crippen molar-refractivity contribution in [2.45, 2.75) is 12.8 Å². The Morgan fingerprint density at radius 1 is 0.774 bits per heavy atom. The number of rotatable bonds is 9. The van der Waals surface area contributed by atoms with E-state index in [9.17, 15) is 19.5 Å². The molecule has 3 rings (SSSR count). The molecule has 3 aromatic carbocycles. The lowest BCUT2D eigenvalue weighted by molar-refractivity contribution is -0.125. The van der Waals surface area contributed by atoms with E-state index in [1.165, 1.54) is 12.1 Å². The molecule has 0 aliphatic rings. The summed E-state index contributed by atoms with van der Waals surface area (Å²) < 4.78 is 0. The predicted octanol–water partition coefficient (Wildman–Crippen LogP) is 2.14. The molecule has 0 unspecified atom stereocenters. The Morgan fingerprint density at radius 3 is 2.35 bits per heavy atom. The number of aromatic hydroxyl groups is 1. The average Bonchev–Trinajstić information content (AvgIpc) is 2.77. The van der Waals surface area contributed by atoms with Crippen molar-refractivity contribution in [2.75, 3.05) is 19.6 Å². The van der Waals surface area contributed by atoms with Gasteiger partial charge in [0, 0.05) is 18.7 Å². The van der Waals surface area contributed by atoms with E-state index in [0.29, 0.717) is 25.1 Å². The van der Waals surface area contributed by atoms with Gasteiger partial charge in [-0.05, 0) is 41.0 Å². The average molecular weight is 419 g/mol. The van der Waals surface area contributed by atoms with Gasteiger partial charge in [-0.25, -0.2) is 0 Å². The number of nitrogens with one attached hydrogen (secondary N) is 3. The topological polar surface area (TPSA) is 108 Å². The van der Waals surface area contributed by atoms with Gasteiger partial charge in [-0.3, -0.25) is 14.4 Å².